The van der Waals surface area contributed by atoms with Crippen molar-refractivity contribution in [2.24, 2.45) is 10.7 Å². The summed E-state index contributed by atoms with van der Waals surface area (Å²) in [6.07, 6.45) is -3.39. The largest absolute Gasteiger partial charge is 0.476 e. The summed E-state index contributed by atoms with van der Waals surface area (Å²) in [6.45, 7) is 6.92. The number of aliphatic imine (C=N–C) groups is 1. The van der Waals surface area contributed by atoms with E-state index in [0.29, 0.717) is 18.1 Å². The fourth-order valence-electron chi connectivity index (χ4n) is 3.55. The average molecular weight is 433 g/mol. The van der Waals surface area contributed by atoms with Gasteiger partial charge in [0.2, 0.25) is 5.90 Å². The number of halogens is 1. The first-order chi connectivity index (χ1) is 13.7. The number of alkyl halides is 1. The highest BCUT2D eigenvalue weighted by Crippen LogP contribution is 2.61. The Bertz CT molecular complexity index is 865. The van der Waals surface area contributed by atoms with Gasteiger partial charge < -0.3 is 14.8 Å². The smallest absolute Gasteiger partial charge is 0.475 e. The molecule has 0 aliphatic carbocycles. The molecule has 3 aliphatic rings. The molecule has 0 radical (unpaired) electrons. The molecular weight excluding hydrogens is 408 g/mol. The highest BCUT2D eigenvalue weighted by atomic mass is 31.2. The van der Waals surface area contributed by atoms with E-state index in [9.17, 15) is 4.57 Å². The molecule has 1 aromatic rings. The minimum atomic E-state index is -3.92. The lowest BCUT2D eigenvalue weighted by atomic mass is 9.96. The van der Waals surface area contributed by atoms with Crippen LogP contribution in [-0.4, -0.2) is 58.9 Å². The summed E-state index contributed by atoms with van der Waals surface area (Å²) in [6, 6.07) is 0. The van der Waals surface area contributed by atoms with Crippen molar-refractivity contribution in [3.8, 4) is 0 Å². The summed E-state index contributed by atoms with van der Waals surface area (Å²) in [5, 5.41) is 2.94. The van der Waals surface area contributed by atoms with Gasteiger partial charge in [0.1, 0.15) is 17.5 Å². The number of anilines is 1. The molecule has 3 aliphatic heterocycles. The fourth-order valence-corrected chi connectivity index (χ4v) is 5.24. The van der Waals surface area contributed by atoms with E-state index in [-0.39, 0.29) is 12.5 Å². The Balaban J connectivity index is 1.63. The normalized spacial score (nSPS) is 38.9. The number of phosphoric acid groups is 1. The Kier molecular flexibility index (Phi) is 5.21. The van der Waals surface area contributed by atoms with Crippen molar-refractivity contribution in [1.82, 2.24) is 9.55 Å². The zero-order valence-electron chi connectivity index (χ0n) is 16.6. The van der Waals surface area contributed by atoms with Crippen molar-refractivity contribution < 1.29 is 32.0 Å². The molecule has 6 unspecified atom stereocenters. The third-order valence-corrected chi connectivity index (χ3v) is 6.63. The van der Waals surface area contributed by atoms with E-state index in [1.807, 2.05) is 6.92 Å². The van der Waals surface area contributed by atoms with Gasteiger partial charge in [-0.15, -0.1) is 0 Å². The number of nitrogens with zero attached hydrogens (tertiary/aromatic N) is 3. The number of aromatic nitrogens is 2. The van der Waals surface area contributed by atoms with Gasteiger partial charge in [-0.25, -0.2) is 18.9 Å². The lowest BCUT2D eigenvalue weighted by Gasteiger charge is -2.38. The number of nitrogens with one attached hydrogen (secondary N) is 1. The molecule has 162 valence electrons. The summed E-state index contributed by atoms with van der Waals surface area (Å²) < 4.78 is 57.3. The molecule has 1 aromatic heterocycles. The first-order valence-electron chi connectivity index (χ1n) is 9.40. The zero-order chi connectivity index (χ0) is 21.0. The number of imidazole rings is 1. The van der Waals surface area contributed by atoms with E-state index in [1.54, 1.807) is 13.8 Å². The predicted octanol–water partition coefficient (Wildman–Crippen LogP) is 1.91. The van der Waals surface area contributed by atoms with Crippen LogP contribution in [0.25, 0.3) is 0 Å². The molecule has 0 amide bonds. The van der Waals surface area contributed by atoms with Crippen LogP contribution in [0.3, 0.4) is 0 Å². The molecule has 6 atom stereocenters. The number of rotatable bonds is 4. The van der Waals surface area contributed by atoms with Gasteiger partial charge in [0.25, 0.3) is 0 Å². The Morgan fingerprint density at radius 1 is 1.55 bits per heavy atom. The van der Waals surface area contributed by atoms with E-state index in [0.717, 1.165) is 0 Å². The van der Waals surface area contributed by atoms with E-state index >= 15 is 4.39 Å². The molecule has 0 spiro atoms. The average Bonchev–Trinajstić information content (AvgIpc) is 3.13. The maximum atomic E-state index is 15.6. The SMILES string of the molecule is CCOC1=NC(N)Nc2c1ncn2C1OC2COP(=O)(OC(C)C)OC2(C)C1F. The summed E-state index contributed by atoms with van der Waals surface area (Å²) in [4.78, 5) is 8.43. The zero-order valence-corrected chi connectivity index (χ0v) is 17.5. The fraction of sp³-hybridized carbons (Fsp3) is 0.750. The summed E-state index contributed by atoms with van der Waals surface area (Å²) in [5.74, 6) is 0.673. The Morgan fingerprint density at radius 3 is 3.00 bits per heavy atom. The molecule has 0 bridgehead atoms. The van der Waals surface area contributed by atoms with Crippen LogP contribution in [0.2, 0.25) is 0 Å². The van der Waals surface area contributed by atoms with E-state index in [1.165, 1.54) is 17.8 Å². The van der Waals surface area contributed by atoms with Gasteiger partial charge in [-0.1, -0.05) is 0 Å². The van der Waals surface area contributed by atoms with Crippen molar-refractivity contribution >= 4 is 19.5 Å². The van der Waals surface area contributed by atoms with Crippen LogP contribution in [0.4, 0.5) is 10.2 Å². The minimum absolute atomic E-state index is 0.132. The molecule has 3 N–H and O–H groups in total. The minimum Gasteiger partial charge on any atom is -0.476 e. The number of ether oxygens (including phenoxy) is 2. The first-order valence-corrected chi connectivity index (χ1v) is 10.9. The van der Waals surface area contributed by atoms with Gasteiger partial charge in [0, 0.05) is 0 Å². The third kappa shape index (κ3) is 3.47. The second-order valence-electron chi connectivity index (χ2n) is 7.39. The van der Waals surface area contributed by atoms with Crippen molar-refractivity contribution in [2.75, 3.05) is 18.5 Å². The number of phosphoric ester groups is 1. The van der Waals surface area contributed by atoms with Crippen LogP contribution < -0.4 is 11.1 Å². The second-order valence-corrected chi connectivity index (χ2v) is 8.94. The summed E-state index contributed by atoms with van der Waals surface area (Å²) >= 11 is 0. The Morgan fingerprint density at radius 2 is 2.31 bits per heavy atom. The van der Waals surface area contributed by atoms with Gasteiger partial charge >= 0.3 is 7.82 Å². The van der Waals surface area contributed by atoms with Crippen LogP contribution in [0.15, 0.2) is 11.3 Å². The highest BCUT2D eigenvalue weighted by Gasteiger charge is 2.63. The Hall–Kier alpha value is -1.56. The highest BCUT2D eigenvalue weighted by molar-refractivity contribution is 7.48. The standard InChI is InChI=1S/C16H25FN5O6P/c1-5-24-13-10-12(20-15(18)21-13)22(7-19-10)14-11(17)16(4)9(26-14)6-25-29(23,28-16)27-8(2)3/h7-9,11,14-15,20H,5-6,18H2,1-4H3. The van der Waals surface area contributed by atoms with Gasteiger partial charge in [-0.05, 0) is 27.7 Å². The third-order valence-electron chi connectivity index (χ3n) is 4.87. The van der Waals surface area contributed by atoms with Crippen LogP contribution >= 0.6 is 7.82 Å². The van der Waals surface area contributed by atoms with Crippen molar-refractivity contribution in [3.05, 3.63) is 12.0 Å². The van der Waals surface area contributed by atoms with Crippen molar-refractivity contribution in [3.63, 3.8) is 0 Å². The number of nitrogens with two attached hydrogens (primary N) is 1. The van der Waals surface area contributed by atoms with Gasteiger partial charge in [-0.2, -0.15) is 0 Å². The molecule has 11 nitrogen and oxygen atoms in total. The topological polar surface area (TPSA) is 131 Å². The van der Waals surface area contributed by atoms with Crippen molar-refractivity contribution in [1.29, 1.82) is 0 Å². The molecule has 0 aromatic carbocycles. The number of fused-ring (bicyclic) bond motifs is 2. The Labute approximate surface area is 167 Å². The molecule has 2 saturated heterocycles. The molecule has 2 fully saturated rings. The van der Waals surface area contributed by atoms with Crippen LogP contribution in [0.5, 0.6) is 0 Å². The second kappa shape index (κ2) is 7.29. The predicted molar refractivity (Wildman–Crippen MR) is 100 cm³/mol. The van der Waals surface area contributed by atoms with Crippen LogP contribution in [0.1, 0.15) is 39.6 Å². The lowest BCUT2D eigenvalue weighted by Crippen LogP contribution is -2.49. The van der Waals surface area contributed by atoms with E-state index in [2.05, 4.69) is 15.3 Å². The molecule has 13 heteroatoms. The number of hydrogen-bond donors (Lipinski definition) is 2. The first kappa shape index (κ1) is 20.7. The van der Waals surface area contributed by atoms with Crippen LogP contribution in [-0.2, 0) is 27.6 Å². The summed E-state index contributed by atoms with van der Waals surface area (Å²) in [5.41, 5.74) is 4.77. The van der Waals surface area contributed by atoms with Crippen LogP contribution in [0, 0.1) is 0 Å². The van der Waals surface area contributed by atoms with Gasteiger partial charge in [-0.3, -0.25) is 23.9 Å². The maximum absolute atomic E-state index is 15.6. The quantitative estimate of drug-likeness (QED) is 0.684. The molecular formula is C16H25FN5O6P. The van der Waals surface area contributed by atoms with E-state index < -0.39 is 44.3 Å². The van der Waals surface area contributed by atoms with Gasteiger partial charge in [0.05, 0.1) is 25.6 Å². The maximum Gasteiger partial charge on any atom is 0.475 e. The summed E-state index contributed by atoms with van der Waals surface area (Å²) in [7, 11) is -3.92. The van der Waals surface area contributed by atoms with Gasteiger partial charge in [0.15, 0.2) is 24.4 Å². The van der Waals surface area contributed by atoms with Crippen molar-refractivity contribution in [2.45, 2.75) is 64.2 Å². The molecule has 4 rings (SSSR count). The number of hydrogen-bond acceptors (Lipinski definition) is 10. The molecule has 29 heavy (non-hydrogen) atoms. The molecule has 0 saturated carbocycles. The monoisotopic (exact) mass is 433 g/mol. The lowest BCUT2D eigenvalue weighted by molar-refractivity contribution is -0.112. The molecule has 4 heterocycles. The van der Waals surface area contributed by atoms with E-state index in [4.69, 9.17) is 28.8 Å².